The summed E-state index contributed by atoms with van der Waals surface area (Å²) in [5, 5.41) is 20.2. The maximum Gasteiger partial charge on any atom is 0.303 e. The molecule has 1 aromatic carbocycles. The van der Waals surface area contributed by atoms with Crippen molar-refractivity contribution < 1.29 is 19.8 Å². The fourth-order valence-corrected chi connectivity index (χ4v) is 1.82. The second-order valence-electron chi connectivity index (χ2n) is 4.67. The highest BCUT2D eigenvalue weighted by atomic mass is 16.4. The minimum atomic E-state index is -0.760. The summed E-state index contributed by atoms with van der Waals surface area (Å²) in [5.41, 5.74) is 1.35. The van der Waals surface area contributed by atoms with Gasteiger partial charge in [-0.05, 0) is 30.5 Å². The van der Waals surface area contributed by atoms with E-state index in [1.165, 1.54) is 0 Å². The molecule has 0 spiro atoms. The van der Waals surface area contributed by atoms with E-state index >= 15 is 0 Å². The third kappa shape index (κ3) is 6.33. The van der Waals surface area contributed by atoms with Crippen molar-refractivity contribution in [3.63, 3.8) is 0 Å². The maximum atomic E-state index is 11.8. The normalized spacial score (nSPS) is 10.2. The third-order valence-electron chi connectivity index (χ3n) is 3.00. The highest BCUT2D eigenvalue weighted by Crippen LogP contribution is 2.05. The number of aliphatic hydroxyl groups excluding tert-OH is 1. The van der Waals surface area contributed by atoms with E-state index in [0.29, 0.717) is 18.5 Å². The molecular formula is C15H21NO4. The van der Waals surface area contributed by atoms with Gasteiger partial charge in [0.15, 0.2) is 0 Å². The molecule has 0 atom stereocenters. The number of hydrogen-bond acceptors (Lipinski definition) is 3. The Morgan fingerprint density at radius 3 is 2.25 bits per heavy atom. The molecule has 0 fully saturated rings. The Hall–Kier alpha value is -1.88. The second kappa shape index (κ2) is 9.09. The summed E-state index contributed by atoms with van der Waals surface area (Å²) in [4.78, 5) is 22.1. The van der Waals surface area contributed by atoms with Gasteiger partial charge < -0.3 is 15.5 Å². The van der Waals surface area contributed by atoms with Crippen LogP contribution in [0.5, 0.6) is 0 Å². The molecule has 0 aliphatic rings. The molecule has 1 amide bonds. The van der Waals surface area contributed by atoms with Gasteiger partial charge in [0.2, 0.25) is 0 Å². The number of carbonyl (C=O) groups excluding carboxylic acids is 1. The molecule has 0 aromatic heterocycles. The van der Waals surface area contributed by atoms with Crippen LogP contribution in [0.15, 0.2) is 24.3 Å². The number of unbranched alkanes of at least 4 members (excludes halogenated alkanes) is 3. The van der Waals surface area contributed by atoms with Crippen LogP contribution in [0.4, 0.5) is 0 Å². The monoisotopic (exact) mass is 279 g/mol. The van der Waals surface area contributed by atoms with Crippen molar-refractivity contribution >= 4 is 11.9 Å². The first-order valence-electron chi connectivity index (χ1n) is 6.83. The SMILES string of the molecule is O=C(O)CCCCCCNC(=O)c1ccc(CO)cc1. The van der Waals surface area contributed by atoms with Crippen LogP contribution in [0.3, 0.4) is 0 Å². The van der Waals surface area contributed by atoms with E-state index in [1.807, 2.05) is 0 Å². The van der Waals surface area contributed by atoms with Crippen LogP contribution in [0.2, 0.25) is 0 Å². The first-order valence-corrected chi connectivity index (χ1v) is 6.83. The molecule has 0 saturated heterocycles. The predicted molar refractivity (Wildman–Crippen MR) is 75.4 cm³/mol. The van der Waals surface area contributed by atoms with Gasteiger partial charge in [-0.25, -0.2) is 0 Å². The molecule has 3 N–H and O–H groups in total. The molecule has 0 bridgehead atoms. The number of benzene rings is 1. The highest BCUT2D eigenvalue weighted by molar-refractivity contribution is 5.94. The Kier molecular flexibility index (Phi) is 7.35. The number of hydrogen-bond donors (Lipinski definition) is 3. The van der Waals surface area contributed by atoms with Crippen molar-refractivity contribution in [1.29, 1.82) is 0 Å². The fourth-order valence-electron chi connectivity index (χ4n) is 1.82. The summed E-state index contributed by atoms with van der Waals surface area (Å²) in [5.74, 6) is -0.885. The van der Waals surface area contributed by atoms with Gasteiger partial charge in [-0.2, -0.15) is 0 Å². The Morgan fingerprint density at radius 1 is 1.00 bits per heavy atom. The van der Waals surface area contributed by atoms with Crippen molar-refractivity contribution in [2.24, 2.45) is 0 Å². The number of aliphatic hydroxyl groups is 1. The number of carboxylic acid groups (broad SMARTS) is 1. The summed E-state index contributed by atoms with van der Waals surface area (Å²) in [6, 6.07) is 6.82. The molecular weight excluding hydrogens is 258 g/mol. The van der Waals surface area contributed by atoms with Gasteiger partial charge in [-0.3, -0.25) is 9.59 Å². The standard InChI is InChI=1S/C15H21NO4/c17-11-12-6-8-13(9-7-12)15(20)16-10-4-2-1-3-5-14(18)19/h6-9,17H,1-5,10-11H2,(H,16,20)(H,18,19). The van der Waals surface area contributed by atoms with E-state index in [2.05, 4.69) is 5.32 Å². The van der Waals surface area contributed by atoms with Crippen LogP contribution < -0.4 is 5.32 Å². The van der Waals surface area contributed by atoms with Gasteiger partial charge in [-0.15, -0.1) is 0 Å². The second-order valence-corrected chi connectivity index (χ2v) is 4.67. The average Bonchev–Trinajstić information content (AvgIpc) is 2.45. The first kappa shape index (κ1) is 16.2. The van der Waals surface area contributed by atoms with Crippen molar-refractivity contribution in [3.05, 3.63) is 35.4 Å². The van der Waals surface area contributed by atoms with Crippen molar-refractivity contribution in [2.75, 3.05) is 6.54 Å². The molecule has 0 aliphatic heterocycles. The van der Waals surface area contributed by atoms with E-state index < -0.39 is 5.97 Å². The molecule has 0 unspecified atom stereocenters. The zero-order valence-corrected chi connectivity index (χ0v) is 11.5. The maximum absolute atomic E-state index is 11.8. The van der Waals surface area contributed by atoms with E-state index in [-0.39, 0.29) is 18.9 Å². The van der Waals surface area contributed by atoms with E-state index in [4.69, 9.17) is 10.2 Å². The predicted octanol–water partition coefficient (Wildman–Crippen LogP) is 1.94. The Balaban J connectivity index is 2.14. The number of nitrogens with one attached hydrogen (secondary N) is 1. The van der Waals surface area contributed by atoms with Crippen molar-refractivity contribution in [2.45, 2.75) is 38.7 Å². The van der Waals surface area contributed by atoms with Crippen LogP contribution >= 0.6 is 0 Å². The smallest absolute Gasteiger partial charge is 0.303 e. The van der Waals surface area contributed by atoms with Crippen molar-refractivity contribution in [3.8, 4) is 0 Å². The molecule has 5 heteroatoms. The minimum absolute atomic E-state index is 0.0295. The van der Waals surface area contributed by atoms with Crippen LogP contribution in [0.1, 0.15) is 48.0 Å². The number of carbonyl (C=O) groups is 2. The molecule has 1 aromatic rings. The first-order chi connectivity index (χ1) is 9.63. The van der Waals surface area contributed by atoms with Gasteiger partial charge >= 0.3 is 5.97 Å². The molecule has 110 valence electrons. The van der Waals surface area contributed by atoms with Gasteiger partial charge in [0.1, 0.15) is 0 Å². The van der Waals surface area contributed by atoms with Crippen molar-refractivity contribution in [1.82, 2.24) is 5.32 Å². The Bertz CT molecular complexity index is 428. The summed E-state index contributed by atoms with van der Waals surface area (Å²) in [6.45, 7) is 0.561. The lowest BCUT2D eigenvalue weighted by molar-refractivity contribution is -0.137. The number of aliphatic carboxylic acids is 1. The Morgan fingerprint density at radius 2 is 1.65 bits per heavy atom. The Labute approximate surface area is 118 Å². The molecule has 0 saturated carbocycles. The molecule has 20 heavy (non-hydrogen) atoms. The van der Waals surface area contributed by atoms with Gasteiger partial charge in [0.05, 0.1) is 6.61 Å². The summed E-state index contributed by atoms with van der Waals surface area (Å²) >= 11 is 0. The minimum Gasteiger partial charge on any atom is -0.481 e. The molecule has 1 rings (SSSR count). The zero-order chi connectivity index (χ0) is 14.8. The van der Waals surface area contributed by atoms with Gasteiger partial charge in [0.25, 0.3) is 5.91 Å². The van der Waals surface area contributed by atoms with Crippen LogP contribution in [0.25, 0.3) is 0 Å². The average molecular weight is 279 g/mol. The summed E-state index contributed by atoms with van der Waals surface area (Å²) in [7, 11) is 0. The van der Waals surface area contributed by atoms with E-state index in [1.54, 1.807) is 24.3 Å². The number of amides is 1. The summed E-state index contributed by atoms with van der Waals surface area (Å²) in [6.07, 6.45) is 3.53. The van der Waals surface area contributed by atoms with Gasteiger partial charge in [0, 0.05) is 18.5 Å². The zero-order valence-electron chi connectivity index (χ0n) is 11.5. The highest BCUT2D eigenvalue weighted by Gasteiger charge is 2.04. The quantitative estimate of drug-likeness (QED) is 0.603. The lowest BCUT2D eigenvalue weighted by atomic mass is 10.1. The topological polar surface area (TPSA) is 86.6 Å². The fraction of sp³-hybridized carbons (Fsp3) is 0.467. The molecule has 0 radical (unpaired) electrons. The van der Waals surface area contributed by atoms with Crippen LogP contribution in [0, 0.1) is 0 Å². The number of rotatable bonds is 9. The number of carboxylic acids is 1. The molecule has 0 heterocycles. The van der Waals surface area contributed by atoms with Crippen LogP contribution in [-0.4, -0.2) is 28.6 Å². The molecule has 5 nitrogen and oxygen atoms in total. The van der Waals surface area contributed by atoms with Gasteiger partial charge in [-0.1, -0.05) is 25.0 Å². The third-order valence-corrected chi connectivity index (χ3v) is 3.00. The summed E-state index contributed by atoms with van der Waals surface area (Å²) < 4.78 is 0. The molecule has 0 aliphatic carbocycles. The lowest BCUT2D eigenvalue weighted by Crippen LogP contribution is -2.24. The van der Waals surface area contributed by atoms with E-state index in [9.17, 15) is 9.59 Å². The van der Waals surface area contributed by atoms with E-state index in [0.717, 1.165) is 24.8 Å². The largest absolute Gasteiger partial charge is 0.481 e. The van der Waals surface area contributed by atoms with Crippen LogP contribution in [-0.2, 0) is 11.4 Å². The lowest BCUT2D eigenvalue weighted by Gasteiger charge is -2.05.